The summed E-state index contributed by atoms with van der Waals surface area (Å²) in [4.78, 5) is 42.6. The average Bonchev–Trinajstić information content (AvgIpc) is 2.79. The molecule has 0 radical (unpaired) electrons. The van der Waals surface area contributed by atoms with Crippen molar-refractivity contribution >= 4 is 23.6 Å². The SMILES string of the molecule is CCC(C)N(C(=O)C(NC(=O)OC(C)(C)C)C(C)C)C(C(=O)Nc1ccccc1C)c1cc(C)cc(C)c1. The first-order valence-electron chi connectivity index (χ1n) is 13.4. The highest BCUT2D eigenvalue weighted by atomic mass is 16.6. The smallest absolute Gasteiger partial charge is 0.408 e. The van der Waals surface area contributed by atoms with Crippen molar-refractivity contribution in [1.29, 1.82) is 0 Å². The number of alkyl carbamates (subject to hydrolysis) is 1. The maximum absolute atomic E-state index is 14.3. The average molecular weight is 524 g/mol. The number of nitrogens with zero attached hydrogens (tertiary/aromatic N) is 1. The summed E-state index contributed by atoms with van der Waals surface area (Å²) in [7, 11) is 0. The van der Waals surface area contributed by atoms with Crippen LogP contribution in [0.5, 0.6) is 0 Å². The van der Waals surface area contributed by atoms with Gasteiger partial charge in [0.1, 0.15) is 17.7 Å². The molecule has 38 heavy (non-hydrogen) atoms. The van der Waals surface area contributed by atoms with Gasteiger partial charge in [0.2, 0.25) is 5.91 Å². The van der Waals surface area contributed by atoms with Crippen LogP contribution in [0.4, 0.5) is 10.5 Å². The molecule has 0 fully saturated rings. The zero-order chi connectivity index (χ0) is 28.8. The first-order valence-corrected chi connectivity index (χ1v) is 13.4. The van der Waals surface area contributed by atoms with Gasteiger partial charge >= 0.3 is 6.09 Å². The van der Waals surface area contributed by atoms with Crippen molar-refractivity contribution in [3.8, 4) is 0 Å². The van der Waals surface area contributed by atoms with Gasteiger partial charge in [0.05, 0.1) is 0 Å². The van der Waals surface area contributed by atoms with Crippen molar-refractivity contribution in [2.75, 3.05) is 5.32 Å². The second-order valence-corrected chi connectivity index (χ2v) is 11.5. The lowest BCUT2D eigenvalue weighted by Crippen LogP contribution is -2.56. The number of amides is 3. The number of hydrogen-bond donors (Lipinski definition) is 2. The Hall–Kier alpha value is -3.35. The van der Waals surface area contributed by atoms with Crippen molar-refractivity contribution < 1.29 is 19.1 Å². The predicted molar refractivity (Wildman–Crippen MR) is 153 cm³/mol. The van der Waals surface area contributed by atoms with Gasteiger partial charge in [-0.25, -0.2) is 4.79 Å². The lowest BCUT2D eigenvalue weighted by molar-refractivity contribution is -0.144. The molecule has 0 spiro atoms. The number of benzene rings is 2. The molecule has 3 atom stereocenters. The Kier molecular flexibility index (Phi) is 10.5. The summed E-state index contributed by atoms with van der Waals surface area (Å²) >= 11 is 0. The molecule has 0 aliphatic heterocycles. The van der Waals surface area contributed by atoms with E-state index in [4.69, 9.17) is 4.74 Å². The molecule has 0 aliphatic rings. The van der Waals surface area contributed by atoms with Crippen LogP contribution in [-0.4, -0.2) is 40.5 Å². The highest BCUT2D eigenvalue weighted by molar-refractivity contribution is 5.99. The molecule has 7 nitrogen and oxygen atoms in total. The molecule has 0 saturated heterocycles. The summed E-state index contributed by atoms with van der Waals surface area (Å²) in [6, 6.07) is 11.4. The standard InChI is InChI=1S/C31H45N3O4/c1-11-23(7)34(29(36)26(19(2)3)33-30(37)38-31(8,9)10)27(24-17-20(4)16-21(5)18-24)28(35)32-25-15-13-12-14-22(25)6/h12-19,23,26-27H,11H2,1-10H3,(H,32,35)(H,33,37). The molecule has 2 N–H and O–H groups in total. The summed E-state index contributed by atoms with van der Waals surface area (Å²) in [5, 5.41) is 5.83. The molecule has 2 aromatic rings. The normalized spacial score (nSPS) is 13.9. The maximum atomic E-state index is 14.3. The number of aryl methyl sites for hydroxylation is 3. The quantitative estimate of drug-likeness (QED) is 0.394. The fourth-order valence-electron chi connectivity index (χ4n) is 4.42. The number of anilines is 1. The minimum absolute atomic E-state index is 0.235. The molecule has 0 aliphatic carbocycles. The summed E-state index contributed by atoms with van der Waals surface area (Å²) in [5.74, 6) is -0.872. The van der Waals surface area contributed by atoms with E-state index in [-0.39, 0.29) is 23.8 Å². The van der Waals surface area contributed by atoms with Crippen molar-refractivity contribution in [1.82, 2.24) is 10.2 Å². The molecular formula is C31H45N3O4. The molecule has 0 bridgehead atoms. The van der Waals surface area contributed by atoms with E-state index in [1.165, 1.54) is 0 Å². The van der Waals surface area contributed by atoms with Crippen molar-refractivity contribution in [3.05, 3.63) is 64.7 Å². The zero-order valence-electron chi connectivity index (χ0n) is 24.6. The molecule has 0 aromatic heterocycles. The first-order chi connectivity index (χ1) is 17.6. The van der Waals surface area contributed by atoms with Crippen LogP contribution in [0.1, 0.15) is 83.2 Å². The fourth-order valence-corrected chi connectivity index (χ4v) is 4.42. The zero-order valence-corrected chi connectivity index (χ0v) is 24.6. The van der Waals surface area contributed by atoms with E-state index in [2.05, 4.69) is 10.6 Å². The number of para-hydroxylation sites is 1. The molecule has 0 saturated carbocycles. The third kappa shape index (κ3) is 8.33. The highest BCUT2D eigenvalue weighted by Crippen LogP contribution is 2.30. The van der Waals surface area contributed by atoms with Gasteiger partial charge < -0.3 is 20.3 Å². The third-order valence-electron chi connectivity index (χ3n) is 6.41. The largest absolute Gasteiger partial charge is 0.444 e. The van der Waals surface area contributed by atoms with E-state index in [0.717, 1.165) is 22.3 Å². The number of ether oxygens (including phenoxy) is 1. The van der Waals surface area contributed by atoms with Gasteiger partial charge in [-0.15, -0.1) is 0 Å². The Morgan fingerprint density at radius 1 is 0.947 bits per heavy atom. The van der Waals surface area contributed by atoms with Crippen LogP contribution < -0.4 is 10.6 Å². The number of nitrogens with one attached hydrogen (secondary N) is 2. The van der Waals surface area contributed by atoms with Crippen LogP contribution in [0.3, 0.4) is 0 Å². The summed E-state index contributed by atoms with van der Waals surface area (Å²) in [6.07, 6.45) is -0.0389. The van der Waals surface area contributed by atoms with Crippen LogP contribution >= 0.6 is 0 Å². The molecule has 3 unspecified atom stereocenters. The Bertz CT molecular complexity index is 1120. The highest BCUT2D eigenvalue weighted by Gasteiger charge is 2.39. The van der Waals surface area contributed by atoms with Gasteiger partial charge in [-0.3, -0.25) is 9.59 Å². The fraction of sp³-hybridized carbons (Fsp3) is 0.516. The molecule has 2 rings (SSSR count). The van der Waals surface area contributed by atoms with Gasteiger partial charge in [-0.05, 0) is 78.0 Å². The second-order valence-electron chi connectivity index (χ2n) is 11.5. The maximum Gasteiger partial charge on any atom is 0.408 e. The molecule has 3 amide bonds. The van der Waals surface area contributed by atoms with Crippen molar-refractivity contribution in [2.24, 2.45) is 5.92 Å². The Morgan fingerprint density at radius 3 is 2.03 bits per heavy atom. The summed E-state index contributed by atoms with van der Waals surface area (Å²) < 4.78 is 5.45. The number of rotatable bonds is 9. The van der Waals surface area contributed by atoms with Crippen LogP contribution in [0.15, 0.2) is 42.5 Å². The number of carbonyl (C=O) groups excluding carboxylic acids is 3. The van der Waals surface area contributed by atoms with Gasteiger partial charge in [0.25, 0.3) is 5.91 Å². The summed E-state index contributed by atoms with van der Waals surface area (Å²) in [5.41, 5.74) is 3.63. The Labute approximate surface area is 228 Å². The topological polar surface area (TPSA) is 87.7 Å². The van der Waals surface area contributed by atoms with Gasteiger partial charge in [0, 0.05) is 11.7 Å². The lowest BCUT2D eigenvalue weighted by atomic mass is 9.94. The van der Waals surface area contributed by atoms with E-state index in [1.54, 1.807) is 25.7 Å². The molecular weight excluding hydrogens is 478 g/mol. The molecule has 7 heteroatoms. The second kappa shape index (κ2) is 12.9. The minimum atomic E-state index is -0.905. The van der Waals surface area contributed by atoms with Gasteiger partial charge in [-0.2, -0.15) is 0 Å². The Balaban J connectivity index is 2.61. The first kappa shape index (κ1) is 30.9. The van der Waals surface area contributed by atoms with E-state index >= 15 is 0 Å². The lowest BCUT2D eigenvalue weighted by Gasteiger charge is -2.39. The summed E-state index contributed by atoms with van der Waals surface area (Å²) in [6.45, 7) is 18.9. The minimum Gasteiger partial charge on any atom is -0.444 e. The van der Waals surface area contributed by atoms with E-state index in [0.29, 0.717) is 12.1 Å². The monoisotopic (exact) mass is 523 g/mol. The van der Waals surface area contributed by atoms with Crippen molar-refractivity contribution in [3.63, 3.8) is 0 Å². The van der Waals surface area contributed by atoms with E-state index < -0.39 is 23.8 Å². The van der Waals surface area contributed by atoms with Gasteiger partial charge in [-0.1, -0.05) is 68.3 Å². The number of hydrogen-bond acceptors (Lipinski definition) is 4. The molecule has 0 heterocycles. The Morgan fingerprint density at radius 2 is 1.53 bits per heavy atom. The van der Waals surface area contributed by atoms with Crippen LogP contribution in [0.25, 0.3) is 0 Å². The predicted octanol–water partition coefficient (Wildman–Crippen LogP) is 6.47. The van der Waals surface area contributed by atoms with E-state index in [1.807, 2.05) is 90.9 Å². The van der Waals surface area contributed by atoms with Crippen LogP contribution in [0.2, 0.25) is 0 Å². The molecule has 208 valence electrons. The van der Waals surface area contributed by atoms with Crippen molar-refractivity contribution in [2.45, 2.75) is 99.4 Å². The number of carbonyl (C=O) groups is 3. The van der Waals surface area contributed by atoms with Crippen LogP contribution in [0, 0.1) is 26.7 Å². The van der Waals surface area contributed by atoms with E-state index in [9.17, 15) is 14.4 Å². The van der Waals surface area contributed by atoms with Crippen LogP contribution in [-0.2, 0) is 14.3 Å². The molecule has 2 aromatic carbocycles. The van der Waals surface area contributed by atoms with Gasteiger partial charge in [0.15, 0.2) is 0 Å². The third-order valence-corrected chi connectivity index (χ3v) is 6.41.